The highest BCUT2D eigenvalue weighted by molar-refractivity contribution is 7.53. The molecule has 1 aliphatic carbocycles. The van der Waals surface area contributed by atoms with E-state index < -0.39 is 7.60 Å². The van der Waals surface area contributed by atoms with Crippen molar-refractivity contribution in [2.75, 3.05) is 20.4 Å². The normalized spacial score (nSPS) is 34.9. The molecule has 4 nitrogen and oxygen atoms in total. The van der Waals surface area contributed by atoms with Gasteiger partial charge < -0.3 is 13.8 Å². The van der Waals surface area contributed by atoms with Crippen LogP contribution >= 0.6 is 7.60 Å². The Bertz CT molecular complexity index is 260. The molecule has 1 aliphatic heterocycles. The molecule has 0 bridgehead atoms. The van der Waals surface area contributed by atoms with Crippen molar-refractivity contribution in [1.82, 2.24) is 0 Å². The molecule has 3 unspecified atom stereocenters. The van der Waals surface area contributed by atoms with Gasteiger partial charge in [0.25, 0.3) is 0 Å². The molecule has 0 amide bonds. The zero-order valence-corrected chi connectivity index (χ0v) is 10.2. The maximum atomic E-state index is 11.8. The van der Waals surface area contributed by atoms with Crippen LogP contribution < -0.4 is 0 Å². The molecule has 0 radical (unpaired) electrons. The molecule has 1 heterocycles. The quantitative estimate of drug-likeness (QED) is 0.541. The second-order valence-electron chi connectivity index (χ2n) is 4.38. The number of epoxide rings is 1. The number of hydrogen-bond acceptors (Lipinski definition) is 4. The largest absolute Gasteiger partial charge is 0.370 e. The van der Waals surface area contributed by atoms with Crippen LogP contribution in [-0.2, 0) is 18.3 Å². The molecule has 0 spiro atoms. The Kier molecular flexibility index (Phi) is 3.51. The van der Waals surface area contributed by atoms with E-state index in [9.17, 15) is 4.57 Å². The Morgan fingerprint density at radius 2 is 2.00 bits per heavy atom. The molecule has 1 saturated heterocycles. The van der Waals surface area contributed by atoms with Crippen LogP contribution in [0, 0.1) is 5.92 Å². The van der Waals surface area contributed by atoms with Crippen LogP contribution in [-0.4, -0.2) is 32.6 Å². The summed E-state index contributed by atoms with van der Waals surface area (Å²) in [6.45, 7) is 0. The first kappa shape index (κ1) is 11.6. The number of fused-ring (bicyclic) bond motifs is 1. The van der Waals surface area contributed by atoms with E-state index in [1.54, 1.807) is 0 Å². The third kappa shape index (κ3) is 2.82. The highest BCUT2D eigenvalue weighted by Gasteiger charge is 2.43. The minimum absolute atomic E-state index is 0.494. The molecule has 15 heavy (non-hydrogen) atoms. The molecule has 2 aliphatic rings. The van der Waals surface area contributed by atoms with Crippen LogP contribution in [0.3, 0.4) is 0 Å². The van der Waals surface area contributed by atoms with Crippen LogP contribution in [0.4, 0.5) is 0 Å². The Hall–Kier alpha value is 0.110. The SMILES string of the molecule is COP(=O)(CCC1CCC2OC2C1)OC. The summed E-state index contributed by atoms with van der Waals surface area (Å²) in [5.41, 5.74) is 0. The van der Waals surface area contributed by atoms with Gasteiger partial charge in [-0.2, -0.15) is 0 Å². The first-order valence-electron chi connectivity index (χ1n) is 5.53. The van der Waals surface area contributed by atoms with Gasteiger partial charge in [0.1, 0.15) is 0 Å². The number of hydrogen-bond donors (Lipinski definition) is 0. The van der Waals surface area contributed by atoms with Gasteiger partial charge in [-0.05, 0) is 31.6 Å². The van der Waals surface area contributed by atoms with Gasteiger partial charge in [-0.3, -0.25) is 4.57 Å². The van der Waals surface area contributed by atoms with Gasteiger partial charge in [0, 0.05) is 14.2 Å². The van der Waals surface area contributed by atoms with Gasteiger partial charge in [0.15, 0.2) is 0 Å². The molecule has 0 aromatic rings. The monoisotopic (exact) mass is 234 g/mol. The van der Waals surface area contributed by atoms with Crippen molar-refractivity contribution >= 4 is 7.60 Å². The topological polar surface area (TPSA) is 48.1 Å². The smallest absolute Gasteiger partial charge is 0.330 e. The molecule has 2 rings (SSSR count). The van der Waals surface area contributed by atoms with E-state index in [1.165, 1.54) is 27.1 Å². The molecule has 2 fully saturated rings. The minimum atomic E-state index is -2.79. The van der Waals surface area contributed by atoms with Crippen molar-refractivity contribution in [2.45, 2.75) is 37.9 Å². The van der Waals surface area contributed by atoms with Gasteiger partial charge in [0.2, 0.25) is 0 Å². The van der Waals surface area contributed by atoms with Crippen molar-refractivity contribution in [1.29, 1.82) is 0 Å². The van der Waals surface area contributed by atoms with Crippen LogP contribution in [0.1, 0.15) is 25.7 Å². The highest BCUT2D eigenvalue weighted by Crippen LogP contribution is 2.49. The second-order valence-corrected chi connectivity index (χ2v) is 6.78. The molecule has 1 saturated carbocycles. The fourth-order valence-electron chi connectivity index (χ4n) is 2.35. The fraction of sp³-hybridized carbons (Fsp3) is 1.00. The van der Waals surface area contributed by atoms with Crippen LogP contribution in [0.25, 0.3) is 0 Å². The molecular formula is C10H19O4P. The van der Waals surface area contributed by atoms with Gasteiger partial charge in [0.05, 0.1) is 18.4 Å². The van der Waals surface area contributed by atoms with E-state index >= 15 is 0 Å². The summed E-state index contributed by atoms with van der Waals surface area (Å²) in [4.78, 5) is 0. The van der Waals surface area contributed by atoms with Crippen molar-refractivity contribution in [3.63, 3.8) is 0 Å². The number of rotatable bonds is 5. The summed E-state index contributed by atoms with van der Waals surface area (Å²) < 4.78 is 27.1. The summed E-state index contributed by atoms with van der Waals surface area (Å²) >= 11 is 0. The lowest BCUT2D eigenvalue weighted by Crippen LogP contribution is -2.14. The zero-order valence-electron chi connectivity index (χ0n) is 9.35. The van der Waals surface area contributed by atoms with E-state index in [1.807, 2.05) is 0 Å². The van der Waals surface area contributed by atoms with E-state index in [2.05, 4.69) is 0 Å². The average molecular weight is 234 g/mol. The summed E-state index contributed by atoms with van der Waals surface area (Å²) in [6.07, 6.45) is 5.96. The Balaban J connectivity index is 1.74. The summed E-state index contributed by atoms with van der Waals surface area (Å²) in [7, 11) is 0.104. The third-order valence-electron chi connectivity index (χ3n) is 3.48. The van der Waals surface area contributed by atoms with E-state index in [4.69, 9.17) is 13.8 Å². The first-order chi connectivity index (χ1) is 7.17. The van der Waals surface area contributed by atoms with E-state index in [0.29, 0.717) is 24.3 Å². The van der Waals surface area contributed by atoms with Gasteiger partial charge in [-0.15, -0.1) is 0 Å². The predicted octanol–water partition coefficient (Wildman–Crippen LogP) is 2.43. The van der Waals surface area contributed by atoms with Gasteiger partial charge in [-0.25, -0.2) is 0 Å². The molecule has 0 aromatic carbocycles. The molecule has 5 heteroatoms. The molecular weight excluding hydrogens is 215 g/mol. The van der Waals surface area contributed by atoms with Crippen molar-refractivity contribution < 1.29 is 18.3 Å². The maximum Gasteiger partial charge on any atom is 0.330 e. The van der Waals surface area contributed by atoms with Crippen LogP contribution in [0.2, 0.25) is 0 Å². The molecule has 0 aromatic heterocycles. The summed E-state index contributed by atoms with van der Waals surface area (Å²) in [5.74, 6) is 0.632. The van der Waals surface area contributed by atoms with Crippen molar-refractivity contribution in [2.24, 2.45) is 5.92 Å². The minimum Gasteiger partial charge on any atom is -0.370 e. The van der Waals surface area contributed by atoms with E-state index in [0.717, 1.165) is 12.8 Å². The van der Waals surface area contributed by atoms with Gasteiger partial charge >= 0.3 is 7.60 Å². The molecule has 3 atom stereocenters. The van der Waals surface area contributed by atoms with Crippen LogP contribution in [0.15, 0.2) is 0 Å². The summed E-state index contributed by atoms with van der Waals surface area (Å²) in [5, 5.41) is 0. The van der Waals surface area contributed by atoms with Crippen molar-refractivity contribution in [3.05, 3.63) is 0 Å². The Morgan fingerprint density at radius 3 is 2.60 bits per heavy atom. The Labute approximate surface area is 90.8 Å². The maximum absolute atomic E-state index is 11.8. The predicted molar refractivity (Wildman–Crippen MR) is 57.1 cm³/mol. The lowest BCUT2D eigenvalue weighted by Gasteiger charge is -2.20. The molecule has 88 valence electrons. The highest BCUT2D eigenvalue weighted by atomic mass is 31.2. The van der Waals surface area contributed by atoms with E-state index in [-0.39, 0.29) is 0 Å². The number of ether oxygens (including phenoxy) is 1. The average Bonchev–Trinajstić information content (AvgIpc) is 3.04. The standard InChI is InChI=1S/C10H19O4P/c1-12-15(11,13-2)6-5-8-3-4-9-10(7-8)14-9/h8-10H,3-7H2,1-2H3. The van der Waals surface area contributed by atoms with Gasteiger partial charge in [-0.1, -0.05) is 0 Å². The van der Waals surface area contributed by atoms with Crippen molar-refractivity contribution in [3.8, 4) is 0 Å². The fourth-order valence-corrected chi connectivity index (χ4v) is 3.54. The van der Waals surface area contributed by atoms with Crippen LogP contribution in [0.5, 0.6) is 0 Å². The lowest BCUT2D eigenvalue weighted by molar-refractivity contribution is 0.269. The Morgan fingerprint density at radius 1 is 1.27 bits per heavy atom. The molecule has 0 N–H and O–H groups in total. The zero-order chi connectivity index (χ0) is 10.9. The third-order valence-corrected chi connectivity index (χ3v) is 5.40. The first-order valence-corrected chi connectivity index (χ1v) is 7.25. The lowest BCUT2D eigenvalue weighted by atomic mass is 9.88. The summed E-state index contributed by atoms with van der Waals surface area (Å²) in [6, 6.07) is 0. The second kappa shape index (κ2) is 4.54.